The summed E-state index contributed by atoms with van der Waals surface area (Å²) in [5.41, 5.74) is 1.92. The highest BCUT2D eigenvalue weighted by Crippen LogP contribution is 2.21. The lowest BCUT2D eigenvalue weighted by Crippen LogP contribution is -2.39. The summed E-state index contributed by atoms with van der Waals surface area (Å²) >= 11 is 0. The Labute approximate surface area is 125 Å². The lowest BCUT2D eigenvalue weighted by atomic mass is 10.1. The molecule has 0 unspecified atom stereocenters. The van der Waals surface area contributed by atoms with Gasteiger partial charge in [0.05, 0.1) is 24.5 Å². The molecule has 0 saturated carbocycles. The molecule has 0 saturated heterocycles. The number of nitrogens with zero attached hydrogens (tertiary/aromatic N) is 2. The summed E-state index contributed by atoms with van der Waals surface area (Å²) in [6.45, 7) is 6.62. The molecule has 1 N–H and O–H groups in total. The third kappa shape index (κ3) is 4.29. The lowest BCUT2D eigenvalue weighted by Gasteiger charge is -2.30. The largest absolute Gasteiger partial charge is 0.444 e. The second-order valence-electron chi connectivity index (χ2n) is 6.09. The number of rotatable bonds is 2. The fourth-order valence-electron chi connectivity index (χ4n) is 2.16. The zero-order valence-electron chi connectivity index (χ0n) is 12.8. The van der Waals surface area contributed by atoms with E-state index in [1.54, 1.807) is 11.0 Å². The summed E-state index contributed by atoms with van der Waals surface area (Å²) in [5.74, 6) is 0. The third-order valence-corrected chi connectivity index (χ3v) is 3.10. The Hall–Kier alpha value is -1.88. The smallest absolute Gasteiger partial charge is 0.410 e. The van der Waals surface area contributed by atoms with E-state index in [0.29, 0.717) is 18.8 Å². The van der Waals surface area contributed by atoms with Crippen molar-refractivity contribution < 1.29 is 14.6 Å². The average Bonchev–Trinajstić information content (AvgIpc) is 2.46. The molecule has 5 nitrogen and oxygen atoms in total. The van der Waals surface area contributed by atoms with Crippen LogP contribution in [-0.4, -0.2) is 39.8 Å². The molecule has 0 radical (unpaired) electrons. The molecule has 2 heterocycles. The predicted octanol–water partition coefficient (Wildman–Crippen LogP) is 2.60. The normalized spacial score (nSPS) is 15.6. The van der Waals surface area contributed by atoms with Crippen molar-refractivity contribution in [2.45, 2.75) is 39.4 Å². The van der Waals surface area contributed by atoms with E-state index in [0.717, 1.165) is 17.7 Å². The Balaban J connectivity index is 2.10. The van der Waals surface area contributed by atoms with Crippen LogP contribution >= 0.6 is 0 Å². The van der Waals surface area contributed by atoms with E-state index in [-0.39, 0.29) is 12.7 Å². The van der Waals surface area contributed by atoms with Crippen LogP contribution < -0.4 is 0 Å². The first-order valence-corrected chi connectivity index (χ1v) is 7.13. The minimum Gasteiger partial charge on any atom is -0.444 e. The highest BCUT2D eigenvalue weighted by molar-refractivity contribution is 5.74. The number of amides is 1. The maximum absolute atomic E-state index is 12.1. The standard InChI is InChI=1S/C16H22N2O3/c1-16(2,3)21-15(20)18-9-5-6-12(10-18)14-8-4-7-13(11-19)17-14/h4,6-8,19H,5,9-11H2,1-3H3. The van der Waals surface area contributed by atoms with Crippen molar-refractivity contribution in [3.05, 3.63) is 35.7 Å². The number of aromatic nitrogens is 1. The highest BCUT2D eigenvalue weighted by Gasteiger charge is 2.25. The molecule has 2 rings (SSSR count). The summed E-state index contributed by atoms with van der Waals surface area (Å²) in [6, 6.07) is 5.53. The third-order valence-electron chi connectivity index (χ3n) is 3.10. The number of aliphatic hydroxyl groups is 1. The zero-order chi connectivity index (χ0) is 15.5. The average molecular weight is 290 g/mol. The maximum Gasteiger partial charge on any atom is 0.410 e. The van der Waals surface area contributed by atoms with Gasteiger partial charge in [0.1, 0.15) is 5.60 Å². The molecule has 0 fully saturated rings. The molecule has 0 bridgehead atoms. The molecule has 0 aliphatic carbocycles. The van der Waals surface area contributed by atoms with Crippen LogP contribution in [0, 0.1) is 0 Å². The van der Waals surface area contributed by atoms with Gasteiger partial charge in [-0.05, 0) is 44.9 Å². The molecular formula is C16H22N2O3. The van der Waals surface area contributed by atoms with Crippen molar-refractivity contribution in [1.29, 1.82) is 0 Å². The molecule has 1 aromatic rings. The summed E-state index contributed by atoms with van der Waals surface area (Å²) < 4.78 is 5.41. The van der Waals surface area contributed by atoms with Gasteiger partial charge in [-0.25, -0.2) is 4.79 Å². The van der Waals surface area contributed by atoms with Crippen LogP contribution in [0.2, 0.25) is 0 Å². The van der Waals surface area contributed by atoms with Crippen LogP contribution in [0.5, 0.6) is 0 Å². The van der Waals surface area contributed by atoms with E-state index in [1.165, 1.54) is 0 Å². The Morgan fingerprint density at radius 3 is 2.86 bits per heavy atom. The van der Waals surface area contributed by atoms with Crippen molar-refractivity contribution in [3.8, 4) is 0 Å². The summed E-state index contributed by atoms with van der Waals surface area (Å²) in [4.78, 5) is 18.2. The first kappa shape index (κ1) is 15.5. The number of carbonyl (C=O) groups is 1. The summed E-state index contributed by atoms with van der Waals surface area (Å²) in [7, 11) is 0. The molecular weight excluding hydrogens is 268 g/mol. The fourth-order valence-corrected chi connectivity index (χ4v) is 2.16. The van der Waals surface area contributed by atoms with Gasteiger partial charge in [0.25, 0.3) is 0 Å². The first-order valence-electron chi connectivity index (χ1n) is 7.13. The van der Waals surface area contributed by atoms with E-state index in [9.17, 15) is 4.79 Å². The molecule has 1 aromatic heterocycles. The molecule has 21 heavy (non-hydrogen) atoms. The van der Waals surface area contributed by atoms with Gasteiger partial charge < -0.3 is 14.7 Å². The minimum absolute atomic E-state index is 0.0864. The van der Waals surface area contributed by atoms with Crippen LogP contribution in [0.15, 0.2) is 24.3 Å². The molecule has 0 atom stereocenters. The van der Waals surface area contributed by atoms with Crippen molar-refractivity contribution >= 4 is 11.7 Å². The highest BCUT2D eigenvalue weighted by atomic mass is 16.6. The van der Waals surface area contributed by atoms with Gasteiger partial charge in [-0.1, -0.05) is 12.1 Å². The Bertz CT molecular complexity index is 547. The van der Waals surface area contributed by atoms with Crippen LogP contribution in [0.4, 0.5) is 4.79 Å². The van der Waals surface area contributed by atoms with Crippen molar-refractivity contribution in [3.63, 3.8) is 0 Å². The second-order valence-corrected chi connectivity index (χ2v) is 6.09. The number of hydrogen-bond donors (Lipinski definition) is 1. The van der Waals surface area contributed by atoms with Crippen molar-refractivity contribution in [2.75, 3.05) is 13.1 Å². The number of ether oxygens (including phenoxy) is 1. The molecule has 5 heteroatoms. The quantitative estimate of drug-likeness (QED) is 0.909. The van der Waals surface area contributed by atoms with Crippen LogP contribution in [0.1, 0.15) is 38.6 Å². The number of pyridine rings is 1. The summed E-state index contributed by atoms with van der Waals surface area (Å²) in [6.07, 6.45) is 2.57. The predicted molar refractivity (Wildman–Crippen MR) is 80.6 cm³/mol. The Morgan fingerprint density at radius 2 is 2.19 bits per heavy atom. The van der Waals surface area contributed by atoms with E-state index in [2.05, 4.69) is 11.1 Å². The molecule has 1 aliphatic rings. The summed E-state index contributed by atoms with van der Waals surface area (Å²) in [5, 5.41) is 9.16. The van der Waals surface area contributed by atoms with Gasteiger partial charge in [-0.15, -0.1) is 0 Å². The van der Waals surface area contributed by atoms with Crippen LogP contribution in [0.3, 0.4) is 0 Å². The second kappa shape index (κ2) is 6.26. The topological polar surface area (TPSA) is 62.7 Å². The minimum atomic E-state index is -0.493. The van der Waals surface area contributed by atoms with Gasteiger partial charge in [0, 0.05) is 6.54 Å². The van der Waals surface area contributed by atoms with Gasteiger partial charge >= 0.3 is 6.09 Å². The Morgan fingerprint density at radius 1 is 1.43 bits per heavy atom. The molecule has 1 amide bonds. The molecule has 1 aliphatic heterocycles. The number of carbonyl (C=O) groups excluding carboxylic acids is 1. The maximum atomic E-state index is 12.1. The SMILES string of the molecule is CC(C)(C)OC(=O)N1CCC=C(c2cccc(CO)n2)C1. The number of hydrogen-bond acceptors (Lipinski definition) is 4. The fraction of sp³-hybridized carbons (Fsp3) is 0.500. The Kier molecular flexibility index (Phi) is 4.63. The molecule has 114 valence electrons. The van der Waals surface area contributed by atoms with Crippen LogP contribution in [0.25, 0.3) is 5.57 Å². The van der Waals surface area contributed by atoms with Crippen molar-refractivity contribution in [2.24, 2.45) is 0 Å². The lowest BCUT2D eigenvalue weighted by molar-refractivity contribution is 0.0273. The van der Waals surface area contributed by atoms with Gasteiger partial charge in [-0.3, -0.25) is 4.98 Å². The monoisotopic (exact) mass is 290 g/mol. The van der Waals surface area contributed by atoms with E-state index in [4.69, 9.17) is 9.84 Å². The van der Waals surface area contributed by atoms with Crippen molar-refractivity contribution in [1.82, 2.24) is 9.88 Å². The van der Waals surface area contributed by atoms with E-state index in [1.807, 2.05) is 32.9 Å². The first-order chi connectivity index (χ1) is 9.89. The van der Waals surface area contributed by atoms with E-state index < -0.39 is 5.60 Å². The molecule has 0 spiro atoms. The zero-order valence-corrected chi connectivity index (χ0v) is 12.8. The van der Waals surface area contributed by atoms with E-state index >= 15 is 0 Å². The molecule has 0 aromatic carbocycles. The van der Waals surface area contributed by atoms with Gasteiger partial charge in [0.15, 0.2) is 0 Å². The number of aliphatic hydroxyl groups excluding tert-OH is 1. The van der Waals surface area contributed by atoms with Gasteiger partial charge in [0.2, 0.25) is 0 Å². The van der Waals surface area contributed by atoms with Crippen LogP contribution in [-0.2, 0) is 11.3 Å². The van der Waals surface area contributed by atoms with Gasteiger partial charge in [-0.2, -0.15) is 0 Å².